The molecule has 3 aromatic heterocycles. The Morgan fingerprint density at radius 1 is 1.32 bits per heavy atom. The van der Waals surface area contributed by atoms with E-state index in [1.54, 1.807) is 29.6 Å². The molecule has 3 heterocycles. The molecule has 38 heavy (non-hydrogen) atoms. The van der Waals surface area contributed by atoms with Crippen molar-refractivity contribution in [1.29, 1.82) is 0 Å². The largest absolute Gasteiger partial charge is 0.479 e. The lowest BCUT2D eigenvalue weighted by Crippen LogP contribution is -2.44. The van der Waals surface area contributed by atoms with Crippen LogP contribution in [-0.4, -0.2) is 71.4 Å². The highest BCUT2D eigenvalue weighted by atomic mass is 35.5. The van der Waals surface area contributed by atoms with Crippen LogP contribution in [-0.2, 0) is 26.3 Å². The number of aliphatic hydroxyl groups is 2. The minimum atomic E-state index is -1.88. The van der Waals surface area contributed by atoms with E-state index in [1.165, 1.54) is 23.0 Å². The van der Waals surface area contributed by atoms with E-state index in [2.05, 4.69) is 26.0 Å². The first kappa shape index (κ1) is 27.4. The van der Waals surface area contributed by atoms with Crippen LogP contribution in [0.25, 0.3) is 11.0 Å². The number of fused-ring (bicyclic) bond motifs is 1. The van der Waals surface area contributed by atoms with E-state index in [9.17, 15) is 20.1 Å². The van der Waals surface area contributed by atoms with Gasteiger partial charge in [0, 0.05) is 11.8 Å². The fourth-order valence-electron chi connectivity index (χ4n) is 3.78. The third-order valence-electron chi connectivity index (χ3n) is 5.68. The molecular weight excluding hydrogens is 536 g/mol. The smallest absolute Gasteiger partial charge is 0.342 e. The standard InChI is InChI=1S/C24H23ClN6O6S/c1-2-17(33)21(31-20-16(9-28-31)19(26)29-23(25)30-20)37-15(10-32)11-36-24(22(34)35,18-12-38-13-27-18)8-14-6-4-3-5-7-14/h1,3-7,9,12-13,15,17,21,32-33H,8,10-11H2,(H,34,35)(H2,26,29,30)/t15-,17+,21+,24?/m0/s1. The molecule has 0 amide bonds. The van der Waals surface area contributed by atoms with Gasteiger partial charge in [0.25, 0.3) is 0 Å². The van der Waals surface area contributed by atoms with Gasteiger partial charge in [0.05, 0.1) is 36.0 Å². The third-order valence-corrected chi connectivity index (χ3v) is 6.43. The zero-order chi connectivity index (χ0) is 27.3. The minimum absolute atomic E-state index is 0.0417. The summed E-state index contributed by atoms with van der Waals surface area (Å²) >= 11 is 7.16. The third kappa shape index (κ3) is 5.60. The molecule has 4 atom stereocenters. The predicted octanol–water partition coefficient (Wildman–Crippen LogP) is 1.63. The zero-order valence-electron chi connectivity index (χ0n) is 19.7. The average molecular weight is 559 g/mol. The Balaban J connectivity index is 1.63. The van der Waals surface area contributed by atoms with Crippen LogP contribution >= 0.6 is 22.9 Å². The van der Waals surface area contributed by atoms with Crippen LogP contribution < -0.4 is 5.73 Å². The molecule has 0 spiro atoms. The molecule has 4 aromatic rings. The molecule has 1 unspecified atom stereocenters. The number of halogens is 1. The number of aliphatic carboxylic acids is 1. The highest BCUT2D eigenvalue weighted by molar-refractivity contribution is 7.07. The maximum absolute atomic E-state index is 12.6. The summed E-state index contributed by atoms with van der Waals surface area (Å²) in [6.07, 6.45) is 2.70. The van der Waals surface area contributed by atoms with Crippen molar-refractivity contribution < 1.29 is 29.6 Å². The number of ether oxygens (including phenoxy) is 2. The fraction of sp³-hybridized carbons (Fsp3) is 0.292. The van der Waals surface area contributed by atoms with Crippen LogP contribution in [0.15, 0.2) is 47.4 Å². The minimum Gasteiger partial charge on any atom is -0.479 e. The van der Waals surface area contributed by atoms with Crippen molar-refractivity contribution in [2.24, 2.45) is 0 Å². The second-order valence-corrected chi connectivity index (χ2v) is 9.18. The first-order valence-electron chi connectivity index (χ1n) is 11.2. The van der Waals surface area contributed by atoms with E-state index < -0.39 is 43.2 Å². The molecule has 12 nitrogen and oxygen atoms in total. The van der Waals surface area contributed by atoms with Crippen molar-refractivity contribution in [3.05, 3.63) is 64.0 Å². The number of terminal acetylenes is 1. The molecule has 0 saturated carbocycles. The number of anilines is 1. The lowest BCUT2D eigenvalue weighted by atomic mass is 9.91. The number of carbonyl (C=O) groups is 1. The molecule has 4 rings (SSSR count). The van der Waals surface area contributed by atoms with E-state index >= 15 is 0 Å². The molecule has 14 heteroatoms. The number of rotatable bonds is 12. The maximum atomic E-state index is 12.6. The van der Waals surface area contributed by atoms with Crippen molar-refractivity contribution in [1.82, 2.24) is 24.7 Å². The molecule has 1 aromatic carbocycles. The summed E-state index contributed by atoms with van der Waals surface area (Å²) in [6, 6.07) is 8.92. The summed E-state index contributed by atoms with van der Waals surface area (Å²) in [5, 5.41) is 36.8. The lowest BCUT2D eigenvalue weighted by Gasteiger charge is -2.31. The summed E-state index contributed by atoms with van der Waals surface area (Å²) in [4.78, 5) is 24.8. The summed E-state index contributed by atoms with van der Waals surface area (Å²) in [6.45, 7) is -1.01. The number of carboxylic acid groups (broad SMARTS) is 1. The van der Waals surface area contributed by atoms with Crippen LogP contribution in [0.1, 0.15) is 17.5 Å². The second kappa shape index (κ2) is 11.8. The molecule has 0 aliphatic carbocycles. The molecule has 198 valence electrons. The molecule has 5 N–H and O–H groups in total. The number of hydrogen-bond acceptors (Lipinski definition) is 11. The molecule has 0 radical (unpaired) electrons. The van der Waals surface area contributed by atoms with Crippen molar-refractivity contribution in [3.63, 3.8) is 0 Å². The van der Waals surface area contributed by atoms with E-state index in [-0.39, 0.29) is 28.9 Å². The van der Waals surface area contributed by atoms with Gasteiger partial charge in [-0.1, -0.05) is 36.3 Å². The maximum Gasteiger partial charge on any atom is 0.342 e. The van der Waals surface area contributed by atoms with E-state index in [1.807, 2.05) is 6.07 Å². The van der Waals surface area contributed by atoms with Gasteiger partial charge in [0.1, 0.15) is 11.9 Å². The monoisotopic (exact) mass is 558 g/mol. The second-order valence-electron chi connectivity index (χ2n) is 8.13. The van der Waals surface area contributed by atoms with Crippen molar-refractivity contribution in [2.45, 2.75) is 30.5 Å². The van der Waals surface area contributed by atoms with Crippen LogP contribution in [0.3, 0.4) is 0 Å². The Morgan fingerprint density at radius 2 is 2.08 bits per heavy atom. The summed E-state index contributed by atoms with van der Waals surface area (Å²) in [7, 11) is 0. The Morgan fingerprint density at radius 3 is 2.71 bits per heavy atom. The number of thiazole rings is 1. The average Bonchev–Trinajstić information content (AvgIpc) is 3.59. The van der Waals surface area contributed by atoms with Crippen LogP contribution in [0, 0.1) is 12.3 Å². The van der Waals surface area contributed by atoms with Gasteiger partial charge in [-0.05, 0) is 17.2 Å². The molecule has 0 fully saturated rings. The Labute approximate surface area is 225 Å². The Bertz CT molecular complexity index is 1430. The Kier molecular flexibility index (Phi) is 8.52. The van der Waals surface area contributed by atoms with Crippen LogP contribution in [0.5, 0.6) is 0 Å². The SMILES string of the molecule is C#C[C@@H](O)[C@@H](O[C@@H](CO)COC(Cc1ccccc1)(C(=O)O)c1cscn1)n1ncc2c(N)nc(Cl)nc21. The lowest BCUT2D eigenvalue weighted by molar-refractivity contribution is -0.186. The number of benzene rings is 1. The predicted molar refractivity (Wildman–Crippen MR) is 138 cm³/mol. The van der Waals surface area contributed by atoms with Gasteiger partial charge < -0.3 is 30.5 Å². The highest BCUT2D eigenvalue weighted by Gasteiger charge is 2.44. The number of nitrogens with zero attached hydrogens (tertiary/aromatic N) is 5. The molecule has 0 saturated heterocycles. The zero-order valence-corrected chi connectivity index (χ0v) is 21.3. The number of aromatic nitrogens is 5. The quantitative estimate of drug-likeness (QED) is 0.147. The van der Waals surface area contributed by atoms with E-state index in [0.717, 1.165) is 4.68 Å². The molecule has 0 bridgehead atoms. The summed E-state index contributed by atoms with van der Waals surface area (Å²) in [5.74, 6) is 0.939. The van der Waals surface area contributed by atoms with Crippen LogP contribution in [0.2, 0.25) is 5.28 Å². The highest BCUT2D eigenvalue weighted by Crippen LogP contribution is 2.32. The van der Waals surface area contributed by atoms with Crippen molar-refractivity contribution in [2.75, 3.05) is 18.9 Å². The first-order valence-corrected chi connectivity index (χ1v) is 12.5. The number of hydrogen-bond donors (Lipinski definition) is 4. The van der Waals surface area contributed by atoms with Gasteiger partial charge in [0.2, 0.25) is 10.9 Å². The van der Waals surface area contributed by atoms with Gasteiger partial charge in [-0.3, -0.25) is 0 Å². The van der Waals surface area contributed by atoms with Crippen LogP contribution in [0.4, 0.5) is 5.82 Å². The van der Waals surface area contributed by atoms with Crippen molar-refractivity contribution in [3.8, 4) is 12.3 Å². The fourth-order valence-corrected chi connectivity index (χ4v) is 4.57. The van der Waals surface area contributed by atoms with Gasteiger partial charge in [-0.25, -0.2) is 19.4 Å². The molecular formula is C24H23ClN6O6S. The number of nitrogens with two attached hydrogens (primary N) is 1. The number of nitrogen functional groups attached to an aromatic ring is 1. The molecule has 0 aliphatic rings. The summed E-state index contributed by atoms with van der Waals surface area (Å²) < 4.78 is 13.0. The summed E-state index contributed by atoms with van der Waals surface area (Å²) in [5.41, 5.74) is 6.52. The van der Waals surface area contributed by atoms with Gasteiger partial charge in [-0.15, -0.1) is 17.8 Å². The van der Waals surface area contributed by atoms with E-state index in [4.69, 9.17) is 33.2 Å². The normalized spacial score (nSPS) is 15.4. The van der Waals surface area contributed by atoms with Gasteiger partial charge >= 0.3 is 5.97 Å². The first-order chi connectivity index (χ1) is 18.3. The topological polar surface area (TPSA) is 179 Å². The van der Waals surface area contributed by atoms with E-state index in [0.29, 0.717) is 10.9 Å². The van der Waals surface area contributed by atoms with Crippen molar-refractivity contribution >= 4 is 45.8 Å². The Hall–Kier alpha value is -3.64. The number of carboxylic acids is 1. The van der Waals surface area contributed by atoms with Gasteiger partial charge in [-0.2, -0.15) is 10.1 Å². The number of aliphatic hydroxyl groups excluding tert-OH is 2. The molecule has 0 aliphatic heterocycles. The van der Waals surface area contributed by atoms with Gasteiger partial charge in [0.15, 0.2) is 18.0 Å².